The van der Waals surface area contributed by atoms with Gasteiger partial charge in [-0.1, -0.05) is 45.7 Å². The lowest BCUT2D eigenvalue weighted by Crippen LogP contribution is -2.12. The molecule has 8 nitrogen and oxygen atoms in total. The molecule has 0 N–H and O–H groups in total. The van der Waals surface area contributed by atoms with Crippen molar-refractivity contribution in [2.24, 2.45) is 10.3 Å². The topological polar surface area (TPSA) is 111 Å². The summed E-state index contributed by atoms with van der Waals surface area (Å²) in [5.41, 5.74) is 1.87. The summed E-state index contributed by atoms with van der Waals surface area (Å²) in [5, 5.41) is 7.01. The van der Waals surface area contributed by atoms with Crippen molar-refractivity contribution in [3.63, 3.8) is 0 Å². The number of benzene rings is 2. The van der Waals surface area contributed by atoms with Gasteiger partial charge in [-0.05, 0) is 52.0 Å². The third-order valence-corrected chi connectivity index (χ3v) is 5.93. The standard InChI is InChI=1S/C18H20N2O6S2/c1-13-5-9-17(10-6-13)27(21,22)25-19-15(3)16(4)20-26-28(23,24)18-11-7-14(2)8-12-18/h5-12H,1-4H3/b19-15-,20-16-. The summed E-state index contributed by atoms with van der Waals surface area (Å²) in [4.78, 5) is -0.107. The highest BCUT2D eigenvalue weighted by atomic mass is 32.2. The third-order valence-electron chi connectivity index (χ3n) is 3.69. The zero-order valence-electron chi connectivity index (χ0n) is 15.8. The van der Waals surface area contributed by atoms with Crippen molar-refractivity contribution in [2.45, 2.75) is 37.5 Å². The van der Waals surface area contributed by atoms with Crippen LogP contribution in [-0.4, -0.2) is 28.3 Å². The van der Waals surface area contributed by atoms with E-state index in [0.29, 0.717) is 0 Å². The van der Waals surface area contributed by atoms with Crippen molar-refractivity contribution in [1.29, 1.82) is 0 Å². The van der Waals surface area contributed by atoms with Crippen LogP contribution in [0.5, 0.6) is 0 Å². The van der Waals surface area contributed by atoms with Gasteiger partial charge in [-0.2, -0.15) is 16.8 Å². The predicted molar refractivity (Wildman–Crippen MR) is 105 cm³/mol. The van der Waals surface area contributed by atoms with Crippen LogP contribution in [0.25, 0.3) is 0 Å². The van der Waals surface area contributed by atoms with Gasteiger partial charge in [-0.15, -0.1) is 0 Å². The first-order valence-electron chi connectivity index (χ1n) is 8.11. The molecule has 0 amide bonds. The van der Waals surface area contributed by atoms with E-state index in [-0.39, 0.29) is 21.2 Å². The second-order valence-corrected chi connectivity index (χ2v) is 9.09. The minimum atomic E-state index is -4.10. The number of oxime groups is 2. The van der Waals surface area contributed by atoms with Gasteiger partial charge >= 0.3 is 20.2 Å². The van der Waals surface area contributed by atoms with E-state index in [9.17, 15) is 16.8 Å². The Morgan fingerprint density at radius 1 is 0.643 bits per heavy atom. The van der Waals surface area contributed by atoms with Crippen molar-refractivity contribution in [3.8, 4) is 0 Å². The van der Waals surface area contributed by atoms with Gasteiger partial charge < -0.3 is 0 Å². The van der Waals surface area contributed by atoms with Crippen LogP contribution in [0.15, 0.2) is 68.6 Å². The van der Waals surface area contributed by atoms with Crippen LogP contribution < -0.4 is 0 Å². The molecule has 0 aliphatic heterocycles. The summed E-state index contributed by atoms with van der Waals surface area (Å²) in [6.45, 7) is 6.46. The molecule has 0 bridgehead atoms. The zero-order valence-corrected chi connectivity index (χ0v) is 17.4. The molecule has 150 valence electrons. The van der Waals surface area contributed by atoms with Gasteiger partial charge in [0.1, 0.15) is 21.2 Å². The first-order valence-corrected chi connectivity index (χ1v) is 10.9. The zero-order chi connectivity index (χ0) is 20.9. The lowest BCUT2D eigenvalue weighted by atomic mass is 10.2. The van der Waals surface area contributed by atoms with E-state index >= 15 is 0 Å². The van der Waals surface area contributed by atoms with Gasteiger partial charge in [-0.25, -0.2) is 0 Å². The van der Waals surface area contributed by atoms with E-state index in [4.69, 9.17) is 0 Å². The Hall–Kier alpha value is -2.72. The Kier molecular flexibility index (Phi) is 6.57. The fraction of sp³-hybridized carbons (Fsp3) is 0.222. The molecule has 28 heavy (non-hydrogen) atoms. The number of aryl methyl sites for hydroxylation is 2. The second-order valence-electron chi connectivity index (χ2n) is 6.04. The highest BCUT2D eigenvalue weighted by molar-refractivity contribution is 7.87. The van der Waals surface area contributed by atoms with Crippen LogP contribution in [0.1, 0.15) is 25.0 Å². The van der Waals surface area contributed by atoms with E-state index in [1.807, 2.05) is 13.8 Å². The van der Waals surface area contributed by atoms with E-state index in [1.165, 1.54) is 38.1 Å². The average Bonchev–Trinajstić information content (AvgIpc) is 2.65. The average molecular weight is 425 g/mol. The monoisotopic (exact) mass is 424 g/mol. The van der Waals surface area contributed by atoms with Crippen LogP contribution in [-0.2, 0) is 28.8 Å². The highest BCUT2D eigenvalue weighted by Crippen LogP contribution is 2.15. The summed E-state index contributed by atoms with van der Waals surface area (Å²) in [5.74, 6) is 0. The second kappa shape index (κ2) is 8.53. The molecule has 0 fully saturated rings. The van der Waals surface area contributed by atoms with Crippen molar-refractivity contribution in [3.05, 3.63) is 59.7 Å². The van der Waals surface area contributed by atoms with Gasteiger partial charge in [0.2, 0.25) is 0 Å². The first-order chi connectivity index (χ1) is 13.0. The van der Waals surface area contributed by atoms with Gasteiger partial charge in [0.05, 0.1) is 0 Å². The number of hydrogen-bond donors (Lipinski definition) is 0. The molecular formula is C18H20N2O6S2. The molecule has 2 aromatic rings. The molecule has 0 radical (unpaired) electrons. The predicted octanol–water partition coefficient (Wildman–Crippen LogP) is 3.17. The maximum atomic E-state index is 12.1. The van der Waals surface area contributed by atoms with Gasteiger partial charge in [0, 0.05) is 0 Å². The molecule has 0 aliphatic rings. The van der Waals surface area contributed by atoms with E-state index in [2.05, 4.69) is 18.9 Å². The summed E-state index contributed by atoms with van der Waals surface area (Å²) < 4.78 is 57.7. The van der Waals surface area contributed by atoms with E-state index in [0.717, 1.165) is 11.1 Å². The number of nitrogens with zero attached hydrogens (tertiary/aromatic N) is 2. The van der Waals surface area contributed by atoms with Crippen molar-refractivity contribution in [1.82, 2.24) is 0 Å². The fourth-order valence-corrected chi connectivity index (χ4v) is 3.37. The molecule has 10 heteroatoms. The Bertz CT molecular complexity index is 1010. The molecule has 0 heterocycles. The van der Waals surface area contributed by atoms with Crippen molar-refractivity contribution >= 4 is 31.7 Å². The van der Waals surface area contributed by atoms with Crippen LogP contribution in [0.2, 0.25) is 0 Å². The van der Waals surface area contributed by atoms with Gasteiger partial charge in [0.15, 0.2) is 0 Å². The Labute approximate surface area is 164 Å². The van der Waals surface area contributed by atoms with Crippen LogP contribution in [0, 0.1) is 13.8 Å². The molecule has 0 saturated heterocycles. The maximum absolute atomic E-state index is 12.1. The summed E-state index contributed by atoms with van der Waals surface area (Å²) >= 11 is 0. The van der Waals surface area contributed by atoms with Crippen LogP contribution in [0.4, 0.5) is 0 Å². The van der Waals surface area contributed by atoms with E-state index in [1.54, 1.807) is 24.3 Å². The quantitative estimate of drug-likeness (QED) is 0.498. The van der Waals surface area contributed by atoms with Crippen molar-refractivity contribution in [2.75, 3.05) is 0 Å². The summed E-state index contributed by atoms with van der Waals surface area (Å²) in [7, 11) is -8.20. The molecule has 0 unspecified atom stereocenters. The molecular weight excluding hydrogens is 404 g/mol. The lowest BCUT2D eigenvalue weighted by molar-refractivity contribution is 0.334. The summed E-state index contributed by atoms with van der Waals surface area (Å²) in [6, 6.07) is 12.1. The largest absolute Gasteiger partial charge is 0.358 e. The number of rotatable bonds is 7. The van der Waals surface area contributed by atoms with Gasteiger partial charge in [0.25, 0.3) is 0 Å². The molecule has 0 aromatic heterocycles. The number of hydrogen-bond acceptors (Lipinski definition) is 8. The minimum Gasteiger partial charge on any atom is -0.264 e. The molecule has 2 rings (SSSR count). The van der Waals surface area contributed by atoms with E-state index < -0.39 is 20.2 Å². The Morgan fingerprint density at radius 3 is 1.21 bits per heavy atom. The molecule has 0 atom stereocenters. The Morgan fingerprint density at radius 2 is 0.929 bits per heavy atom. The molecule has 0 saturated carbocycles. The SMILES string of the molecule is CC(=N/OS(=O)(=O)c1ccc(C)cc1)/C(C)=N\OS(=O)(=O)c1ccc(C)cc1. The molecule has 2 aromatic carbocycles. The normalized spacial score (nSPS) is 13.3. The maximum Gasteiger partial charge on any atom is 0.358 e. The highest BCUT2D eigenvalue weighted by Gasteiger charge is 2.17. The summed E-state index contributed by atoms with van der Waals surface area (Å²) in [6.07, 6.45) is 0. The lowest BCUT2D eigenvalue weighted by Gasteiger charge is -2.05. The molecule has 0 aliphatic carbocycles. The third kappa shape index (κ3) is 5.64. The smallest absolute Gasteiger partial charge is 0.264 e. The van der Waals surface area contributed by atoms with Crippen LogP contribution in [0.3, 0.4) is 0 Å². The minimum absolute atomic E-state index is 0.0368. The fourth-order valence-electron chi connectivity index (χ4n) is 1.84. The molecule has 0 spiro atoms. The first kappa shape index (κ1) is 21.6. The Balaban J connectivity index is 2.11. The van der Waals surface area contributed by atoms with Crippen LogP contribution >= 0.6 is 0 Å². The van der Waals surface area contributed by atoms with Gasteiger partial charge in [-0.3, -0.25) is 8.57 Å². The van der Waals surface area contributed by atoms with Crippen molar-refractivity contribution < 1.29 is 25.4 Å².